The minimum Gasteiger partial charge on any atom is -0.497 e. The molecule has 1 fully saturated rings. The van der Waals surface area contributed by atoms with Crippen molar-refractivity contribution in [2.75, 3.05) is 33.3 Å². The second kappa shape index (κ2) is 8.33. The van der Waals surface area contributed by atoms with Crippen LogP contribution >= 0.6 is 0 Å². The summed E-state index contributed by atoms with van der Waals surface area (Å²) in [4.78, 5) is 7.70. The van der Waals surface area contributed by atoms with Crippen molar-refractivity contribution in [2.45, 2.75) is 13.1 Å². The van der Waals surface area contributed by atoms with E-state index < -0.39 is 0 Å². The predicted octanol–water partition coefficient (Wildman–Crippen LogP) is 0.229. The molecule has 0 saturated carbocycles. The van der Waals surface area contributed by atoms with Gasteiger partial charge in [-0.3, -0.25) is 0 Å². The zero-order valence-electron chi connectivity index (χ0n) is 15.6. The fourth-order valence-corrected chi connectivity index (χ4v) is 3.59. The summed E-state index contributed by atoms with van der Waals surface area (Å²) in [5.74, 6) is 2.31. The van der Waals surface area contributed by atoms with Crippen LogP contribution in [0.1, 0.15) is 11.5 Å². The molecule has 1 aromatic heterocycles. The number of hydrogen-bond acceptors (Lipinski definition) is 4. The summed E-state index contributed by atoms with van der Waals surface area (Å²) in [5, 5.41) is 4.12. The van der Waals surface area contributed by atoms with Crippen LogP contribution in [0.4, 0.5) is 0 Å². The molecule has 2 N–H and O–H groups in total. The van der Waals surface area contributed by atoms with E-state index in [4.69, 9.17) is 9.26 Å². The Hall–Kier alpha value is -2.70. The van der Waals surface area contributed by atoms with Gasteiger partial charge in [0.05, 0.1) is 7.11 Å². The van der Waals surface area contributed by atoms with Crippen molar-refractivity contribution in [3.63, 3.8) is 0 Å². The van der Waals surface area contributed by atoms with Crippen LogP contribution in [-0.2, 0) is 13.1 Å². The third-order valence-corrected chi connectivity index (χ3v) is 5.18. The Morgan fingerprint density at radius 3 is 2.22 bits per heavy atom. The molecular weight excluding hydrogens is 340 g/mol. The van der Waals surface area contributed by atoms with E-state index in [0.29, 0.717) is 5.82 Å². The minimum absolute atomic E-state index is 0.675. The number of nitrogens with zero attached hydrogens (tertiary/aromatic N) is 2. The van der Waals surface area contributed by atoms with Crippen molar-refractivity contribution in [1.29, 1.82) is 0 Å². The molecule has 2 aromatic carbocycles. The molecule has 6 heteroatoms. The molecule has 6 nitrogen and oxygen atoms in total. The van der Waals surface area contributed by atoms with Gasteiger partial charge in [-0.25, -0.2) is 0 Å². The smallest absolute Gasteiger partial charge is 0.282 e. The maximum absolute atomic E-state index is 5.47. The highest BCUT2D eigenvalue weighted by atomic mass is 16.5. The molecule has 1 aliphatic heterocycles. The predicted molar refractivity (Wildman–Crippen MR) is 102 cm³/mol. The highest BCUT2D eigenvalue weighted by Crippen LogP contribution is 2.14. The Labute approximate surface area is 159 Å². The van der Waals surface area contributed by atoms with Crippen molar-refractivity contribution < 1.29 is 19.1 Å². The Balaban J connectivity index is 1.27. The summed E-state index contributed by atoms with van der Waals surface area (Å²) in [6, 6.07) is 18.4. The number of piperazine rings is 1. The summed E-state index contributed by atoms with van der Waals surface area (Å²) in [6.45, 7) is 6.41. The maximum atomic E-state index is 5.47. The molecule has 2 heterocycles. The summed E-state index contributed by atoms with van der Waals surface area (Å²) < 4.78 is 10.7. The number of quaternary nitrogens is 2. The van der Waals surface area contributed by atoms with Crippen molar-refractivity contribution in [3.05, 3.63) is 66.1 Å². The van der Waals surface area contributed by atoms with Gasteiger partial charge in [0.25, 0.3) is 5.89 Å². The van der Waals surface area contributed by atoms with E-state index in [1.165, 1.54) is 10.5 Å². The van der Waals surface area contributed by atoms with Crippen LogP contribution in [0.2, 0.25) is 0 Å². The molecular formula is C21H26N4O2+2. The lowest BCUT2D eigenvalue weighted by Gasteiger charge is -2.29. The fourth-order valence-electron chi connectivity index (χ4n) is 3.59. The van der Waals surface area contributed by atoms with Gasteiger partial charge in [0, 0.05) is 11.1 Å². The van der Waals surface area contributed by atoms with Crippen LogP contribution in [0.15, 0.2) is 59.1 Å². The first-order valence-corrected chi connectivity index (χ1v) is 9.48. The topological polar surface area (TPSA) is 57.0 Å². The lowest BCUT2D eigenvalue weighted by Crippen LogP contribution is -3.27. The second-order valence-corrected chi connectivity index (χ2v) is 7.08. The summed E-state index contributed by atoms with van der Waals surface area (Å²) in [7, 11) is 1.70. The molecule has 4 rings (SSSR count). The van der Waals surface area contributed by atoms with Crippen molar-refractivity contribution >= 4 is 0 Å². The molecule has 0 bridgehead atoms. The molecule has 1 aliphatic rings. The summed E-state index contributed by atoms with van der Waals surface area (Å²) >= 11 is 0. The number of aromatic nitrogens is 2. The largest absolute Gasteiger partial charge is 0.497 e. The van der Waals surface area contributed by atoms with E-state index in [-0.39, 0.29) is 0 Å². The van der Waals surface area contributed by atoms with Crippen molar-refractivity contribution in [2.24, 2.45) is 0 Å². The average molecular weight is 366 g/mol. The first-order chi connectivity index (χ1) is 13.3. The van der Waals surface area contributed by atoms with Gasteiger partial charge in [0.1, 0.15) is 38.5 Å². The quantitative estimate of drug-likeness (QED) is 0.656. The number of rotatable bonds is 6. The van der Waals surface area contributed by atoms with Crippen LogP contribution in [0, 0.1) is 0 Å². The van der Waals surface area contributed by atoms with Crippen LogP contribution in [0.3, 0.4) is 0 Å². The van der Waals surface area contributed by atoms with Crippen molar-refractivity contribution in [1.82, 2.24) is 10.1 Å². The molecule has 140 valence electrons. The van der Waals surface area contributed by atoms with Crippen LogP contribution in [0.5, 0.6) is 5.75 Å². The normalized spacial score (nSPS) is 19.7. The van der Waals surface area contributed by atoms with Gasteiger partial charge in [-0.1, -0.05) is 35.5 Å². The molecule has 0 radical (unpaired) electrons. The molecule has 0 amide bonds. The third kappa shape index (κ3) is 4.53. The Kier molecular flexibility index (Phi) is 5.46. The van der Waals surface area contributed by atoms with Gasteiger partial charge >= 0.3 is 0 Å². The van der Waals surface area contributed by atoms with E-state index in [0.717, 1.165) is 56.5 Å². The van der Waals surface area contributed by atoms with Gasteiger partial charge in [0.2, 0.25) is 5.82 Å². The first-order valence-electron chi connectivity index (χ1n) is 9.48. The number of nitrogens with one attached hydrogen (secondary N) is 2. The van der Waals surface area contributed by atoms with Crippen LogP contribution in [-0.4, -0.2) is 43.4 Å². The van der Waals surface area contributed by atoms with Gasteiger partial charge in [-0.15, -0.1) is 0 Å². The fraction of sp³-hybridized carbons (Fsp3) is 0.333. The standard InChI is InChI=1S/C21H24N4O2/c1-26-19-9-7-17(8-10-19)15-24-11-13-25(14-12-24)16-20-22-21(23-27-20)18-5-3-2-4-6-18/h2-10H,11-16H2,1H3/p+2. The molecule has 27 heavy (non-hydrogen) atoms. The van der Waals surface area contributed by atoms with Gasteiger partial charge in [-0.2, -0.15) is 4.98 Å². The Bertz CT molecular complexity index is 840. The van der Waals surface area contributed by atoms with E-state index in [2.05, 4.69) is 22.3 Å². The lowest BCUT2D eigenvalue weighted by atomic mass is 10.2. The Morgan fingerprint density at radius 2 is 1.56 bits per heavy atom. The van der Waals surface area contributed by atoms with E-state index in [1.54, 1.807) is 12.0 Å². The van der Waals surface area contributed by atoms with E-state index >= 15 is 0 Å². The van der Waals surface area contributed by atoms with Gasteiger partial charge in [-0.05, 0) is 24.3 Å². The summed E-state index contributed by atoms with van der Waals surface area (Å²) in [6.07, 6.45) is 0. The zero-order valence-corrected chi connectivity index (χ0v) is 15.6. The first kappa shape index (κ1) is 17.7. The molecule has 1 saturated heterocycles. The third-order valence-electron chi connectivity index (χ3n) is 5.18. The molecule has 0 aliphatic carbocycles. The number of hydrogen-bond donors (Lipinski definition) is 2. The molecule has 3 aromatic rings. The highest BCUT2D eigenvalue weighted by molar-refractivity contribution is 5.53. The van der Waals surface area contributed by atoms with Gasteiger partial charge in [0.15, 0.2) is 6.54 Å². The Morgan fingerprint density at radius 1 is 0.889 bits per heavy atom. The molecule has 0 spiro atoms. The summed E-state index contributed by atoms with van der Waals surface area (Å²) in [5.41, 5.74) is 2.36. The minimum atomic E-state index is 0.675. The van der Waals surface area contributed by atoms with E-state index in [1.807, 2.05) is 42.5 Å². The molecule has 0 atom stereocenters. The highest BCUT2D eigenvalue weighted by Gasteiger charge is 2.25. The van der Waals surface area contributed by atoms with Crippen molar-refractivity contribution in [3.8, 4) is 17.1 Å². The maximum Gasteiger partial charge on any atom is 0.282 e. The molecule has 0 unspecified atom stereocenters. The SMILES string of the molecule is COc1ccc(C[NH+]2CC[NH+](Cc3nc(-c4ccccc4)no3)CC2)cc1. The van der Waals surface area contributed by atoms with Gasteiger partial charge < -0.3 is 19.1 Å². The van der Waals surface area contributed by atoms with Crippen LogP contribution < -0.4 is 14.5 Å². The van der Waals surface area contributed by atoms with E-state index in [9.17, 15) is 0 Å². The number of methoxy groups -OCH3 is 1. The zero-order chi connectivity index (χ0) is 18.5. The monoisotopic (exact) mass is 366 g/mol. The lowest BCUT2D eigenvalue weighted by molar-refractivity contribution is -1.02. The van der Waals surface area contributed by atoms with Crippen LogP contribution in [0.25, 0.3) is 11.4 Å². The number of ether oxygens (including phenoxy) is 1. The average Bonchev–Trinajstić information content (AvgIpc) is 3.19. The number of benzene rings is 2. The second-order valence-electron chi connectivity index (χ2n) is 7.08.